The highest BCUT2D eigenvalue weighted by molar-refractivity contribution is 4.94. The Hall–Kier alpha value is -0.340. The van der Waals surface area contributed by atoms with Crippen LogP contribution in [0.1, 0.15) is 20.3 Å². The van der Waals surface area contributed by atoms with Crippen LogP contribution in [-0.4, -0.2) is 17.8 Å². The topological polar surface area (TPSA) is 46.2 Å². The van der Waals surface area contributed by atoms with Crippen molar-refractivity contribution in [3.05, 3.63) is 11.6 Å². The summed E-state index contributed by atoms with van der Waals surface area (Å²) in [7, 11) is 0. The van der Waals surface area contributed by atoms with Crippen LogP contribution < -0.4 is 5.73 Å². The van der Waals surface area contributed by atoms with E-state index in [1.54, 1.807) is 0 Å². The molecular weight excluding hydrogens is 114 g/mol. The molecule has 3 N–H and O–H groups in total. The minimum absolute atomic E-state index is 0.0732. The molecule has 0 amide bonds. The molecule has 0 aromatic carbocycles. The van der Waals surface area contributed by atoms with Crippen molar-refractivity contribution in [3.8, 4) is 0 Å². The van der Waals surface area contributed by atoms with Crippen LogP contribution in [0.2, 0.25) is 0 Å². The van der Waals surface area contributed by atoms with Crippen molar-refractivity contribution in [2.75, 3.05) is 6.61 Å². The second-order valence-electron chi connectivity index (χ2n) is 2.46. The molecule has 2 nitrogen and oxygen atoms in total. The zero-order valence-electron chi connectivity index (χ0n) is 6.09. The molecule has 0 bridgehead atoms. The van der Waals surface area contributed by atoms with E-state index in [0.717, 1.165) is 6.42 Å². The average Bonchev–Trinajstić information content (AvgIpc) is 1.83. The maximum atomic E-state index is 8.49. The van der Waals surface area contributed by atoms with Gasteiger partial charge < -0.3 is 10.8 Å². The summed E-state index contributed by atoms with van der Waals surface area (Å²) >= 11 is 0. The Morgan fingerprint density at radius 1 is 1.67 bits per heavy atom. The van der Waals surface area contributed by atoms with Crippen LogP contribution in [0.3, 0.4) is 0 Å². The third-order valence-corrected chi connectivity index (χ3v) is 1.06. The van der Waals surface area contributed by atoms with Crippen molar-refractivity contribution in [3.63, 3.8) is 0 Å². The van der Waals surface area contributed by atoms with E-state index in [2.05, 4.69) is 0 Å². The molecule has 0 aromatic rings. The lowest BCUT2D eigenvalue weighted by Gasteiger charge is -2.02. The highest BCUT2D eigenvalue weighted by atomic mass is 16.3. The third kappa shape index (κ3) is 5.53. The van der Waals surface area contributed by atoms with Gasteiger partial charge in [-0.25, -0.2) is 0 Å². The number of hydrogen-bond acceptors (Lipinski definition) is 2. The summed E-state index contributed by atoms with van der Waals surface area (Å²) in [5, 5.41) is 8.49. The van der Waals surface area contributed by atoms with Gasteiger partial charge in [0.1, 0.15) is 0 Å². The normalized spacial score (nSPS) is 12.9. The molecule has 0 heterocycles. The summed E-state index contributed by atoms with van der Waals surface area (Å²) < 4.78 is 0. The van der Waals surface area contributed by atoms with E-state index in [1.165, 1.54) is 5.57 Å². The number of allylic oxidation sites excluding steroid dienone is 1. The molecule has 0 aliphatic carbocycles. The summed E-state index contributed by atoms with van der Waals surface area (Å²) in [6.07, 6.45) is 2.81. The molecule has 0 saturated carbocycles. The average molecular weight is 129 g/mol. The van der Waals surface area contributed by atoms with Crippen LogP contribution in [-0.2, 0) is 0 Å². The SMILES string of the molecule is CC(C)=CC[C@H](N)CO. The van der Waals surface area contributed by atoms with E-state index in [0.29, 0.717) is 0 Å². The van der Waals surface area contributed by atoms with Crippen LogP contribution in [0.25, 0.3) is 0 Å². The molecule has 0 radical (unpaired) electrons. The molecule has 2 heteroatoms. The molecule has 0 aliphatic rings. The molecule has 0 unspecified atom stereocenters. The minimum atomic E-state index is -0.0834. The van der Waals surface area contributed by atoms with Crippen LogP contribution in [0, 0.1) is 0 Å². The van der Waals surface area contributed by atoms with Crippen molar-refractivity contribution in [2.24, 2.45) is 5.73 Å². The van der Waals surface area contributed by atoms with Crippen LogP contribution >= 0.6 is 0 Å². The van der Waals surface area contributed by atoms with Gasteiger partial charge in [0.05, 0.1) is 6.61 Å². The van der Waals surface area contributed by atoms with Gasteiger partial charge in [-0.2, -0.15) is 0 Å². The Labute approximate surface area is 56.4 Å². The molecule has 54 valence electrons. The fourth-order valence-corrected chi connectivity index (χ4v) is 0.462. The highest BCUT2D eigenvalue weighted by Crippen LogP contribution is 1.94. The molecule has 0 aromatic heterocycles. The standard InChI is InChI=1S/C7H15NO/c1-6(2)3-4-7(8)5-9/h3,7,9H,4-5,8H2,1-2H3/t7-/m0/s1. The van der Waals surface area contributed by atoms with Crippen LogP contribution in [0.15, 0.2) is 11.6 Å². The maximum absolute atomic E-state index is 8.49. The van der Waals surface area contributed by atoms with Gasteiger partial charge in [0, 0.05) is 6.04 Å². The Morgan fingerprint density at radius 3 is 2.56 bits per heavy atom. The van der Waals surface area contributed by atoms with Crippen molar-refractivity contribution in [2.45, 2.75) is 26.3 Å². The molecular formula is C7H15NO. The first-order valence-electron chi connectivity index (χ1n) is 3.16. The fraction of sp³-hybridized carbons (Fsp3) is 0.714. The van der Waals surface area contributed by atoms with Gasteiger partial charge in [0.15, 0.2) is 0 Å². The number of aliphatic hydroxyl groups is 1. The maximum Gasteiger partial charge on any atom is 0.0585 e. The van der Waals surface area contributed by atoms with Gasteiger partial charge in [0.2, 0.25) is 0 Å². The van der Waals surface area contributed by atoms with E-state index >= 15 is 0 Å². The Balaban J connectivity index is 3.37. The zero-order chi connectivity index (χ0) is 7.28. The zero-order valence-corrected chi connectivity index (χ0v) is 6.09. The number of aliphatic hydroxyl groups excluding tert-OH is 1. The lowest BCUT2D eigenvalue weighted by Crippen LogP contribution is -2.23. The van der Waals surface area contributed by atoms with E-state index in [4.69, 9.17) is 10.8 Å². The lowest BCUT2D eigenvalue weighted by atomic mass is 10.2. The van der Waals surface area contributed by atoms with Crippen molar-refractivity contribution in [1.82, 2.24) is 0 Å². The van der Waals surface area contributed by atoms with E-state index < -0.39 is 0 Å². The first-order valence-corrected chi connectivity index (χ1v) is 3.16. The lowest BCUT2D eigenvalue weighted by molar-refractivity contribution is 0.266. The highest BCUT2D eigenvalue weighted by Gasteiger charge is 1.94. The molecule has 1 atom stereocenters. The minimum Gasteiger partial charge on any atom is -0.395 e. The first-order chi connectivity index (χ1) is 4.16. The third-order valence-electron chi connectivity index (χ3n) is 1.06. The summed E-state index contributed by atoms with van der Waals surface area (Å²) in [5.74, 6) is 0. The summed E-state index contributed by atoms with van der Waals surface area (Å²) in [6.45, 7) is 4.11. The predicted molar refractivity (Wildman–Crippen MR) is 39.1 cm³/mol. The second-order valence-corrected chi connectivity index (χ2v) is 2.46. The van der Waals surface area contributed by atoms with Gasteiger partial charge in [-0.15, -0.1) is 0 Å². The van der Waals surface area contributed by atoms with E-state index in [1.807, 2.05) is 19.9 Å². The molecule has 0 aliphatic heterocycles. The van der Waals surface area contributed by atoms with Gasteiger partial charge in [-0.1, -0.05) is 11.6 Å². The molecule has 9 heavy (non-hydrogen) atoms. The fourth-order valence-electron chi connectivity index (χ4n) is 0.462. The van der Waals surface area contributed by atoms with Crippen molar-refractivity contribution < 1.29 is 5.11 Å². The van der Waals surface area contributed by atoms with Gasteiger partial charge in [-0.05, 0) is 20.3 Å². The summed E-state index contributed by atoms with van der Waals surface area (Å²) in [4.78, 5) is 0. The van der Waals surface area contributed by atoms with Gasteiger partial charge >= 0.3 is 0 Å². The molecule has 0 fully saturated rings. The Bertz CT molecular complexity index is 95.1. The van der Waals surface area contributed by atoms with Crippen molar-refractivity contribution in [1.29, 1.82) is 0 Å². The number of nitrogens with two attached hydrogens (primary N) is 1. The largest absolute Gasteiger partial charge is 0.395 e. The first kappa shape index (κ1) is 8.66. The molecule has 0 rings (SSSR count). The van der Waals surface area contributed by atoms with Gasteiger partial charge in [-0.3, -0.25) is 0 Å². The molecule has 0 spiro atoms. The Kier molecular flexibility index (Phi) is 4.36. The smallest absolute Gasteiger partial charge is 0.0585 e. The number of hydrogen-bond donors (Lipinski definition) is 2. The van der Waals surface area contributed by atoms with Gasteiger partial charge in [0.25, 0.3) is 0 Å². The van der Waals surface area contributed by atoms with Crippen LogP contribution in [0.4, 0.5) is 0 Å². The predicted octanol–water partition coefficient (Wildman–Crippen LogP) is 0.662. The van der Waals surface area contributed by atoms with Crippen molar-refractivity contribution >= 4 is 0 Å². The Morgan fingerprint density at radius 2 is 2.22 bits per heavy atom. The summed E-state index contributed by atoms with van der Waals surface area (Å²) in [5.41, 5.74) is 6.68. The quantitative estimate of drug-likeness (QED) is 0.550. The second kappa shape index (κ2) is 4.53. The monoisotopic (exact) mass is 129 g/mol. The van der Waals surface area contributed by atoms with E-state index in [-0.39, 0.29) is 12.6 Å². The van der Waals surface area contributed by atoms with Crippen LogP contribution in [0.5, 0.6) is 0 Å². The molecule has 0 saturated heterocycles. The van der Waals surface area contributed by atoms with E-state index in [9.17, 15) is 0 Å². The number of rotatable bonds is 3. The summed E-state index contributed by atoms with van der Waals surface area (Å²) in [6, 6.07) is -0.0834.